The van der Waals surface area contributed by atoms with Crippen LogP contribution >= 0.6 is 11.6 Å². The summed E-state index contributed by atoms with van der Waals surface area (Å²) >= 11 is 5.56. The summed E-state index contributed by atoms with van der Waals surface area (Å²) in [6.45, 7) is 0.367. The fourth-order valence-electron chi connectivity index (χ4n) is 2.50. The number of alkyl halides is 3. The molecule has 9 heteroatoms. The van der Waals surface area contributed by atoms with E-state index in [1.54, 1.807) is 36.2 Å². The van der Waals surface area contributed by atoms with E-state index in [0.29, 0.717) is 12.1 Å². The molecule has 150 valence electrons. The Morgan fingerprint density at radius 2 is 1.79 bits per heavy atom. The first kappa shape index (κ1) is 21.7. The summed E-state index contributed by atoms with van der Waals surface area (Å²) in [5.74, 6) is -0.912. The lowest BCUT2D eigenvalue weighted by Crippen LogP contribution is -2.30. The molecule has 0 bridgehead atoms. The Labute approximate surface area is 165 Å². The minimum absolute atomic E-state index is 0.0116. The Hall–Kier alpha value is -2.58. The highest BCUT2D eigenvalue weighted by Crippen LogP contribution is 2.36. The van der Waals surface area contributed by atoms with E-state index in [0.717, 1.165) is 17.7 Å². The molecule has 1 N–H and O–H groups in total. The van der Waals surface area contributed by atoms with E-state index in [2.05, 4.69) is 10.1 Å². The van der Waals surface area contributed by atoms with Gasteiger partial charge in [-0.05, 0) is 42.9 Å². The number of carbonyl (C=O) groups is 2. The molecule has 0 heterocycles. The van der Waals surface area contributed by atoms with E-state index in [-0.39, 0.29) is 12.2 Å². The molecule has 2 aromatic rings. The lowest BCUT2D eigenvalue weighted by atomic mass is 10.1. The van der Waals surface area contributed by atoms with Crippen molar-refractivity contribution in [2.45, 2.75) is 12.7 Å². The number of nitrogens with zero attached hydrogens (tertiary/aromatic N) is 1. The average Bonchev–Trinajstić information content (AvgIpc) is 2.62. The second-order valence-corrected chi connectivity index (χ2v) is 6.51. The number of esters is 1. The summed E-state index contributed by atoms with van der Waals surface area (Å²) in [7, 11) is 2.98. The number of amides is 1. The van der Waals surface area contributed by atoms with Gasteiger partial charge in [0.1, 0.15) is 0 Å². The van der Waals surface area contributed by atoms with Gasteiger partial charge in [-0.15, -0.1) is 0 Å². The van der Waals surface area contributed by atoms with Crippen LogP contribution in [0.1, 0.15) is 21.5 Å². The van der Waals surface area contributed by atoms with E-state index < -0.39 is 28.6 Å². The van der Waals surface area contributed by atoms with Crippen LogP contribution in [-0.4, -0.2) is 37.5 Å². The smallest absolute Gasteiger partial charge is 0.417 e. The maximum absolute atomic E-state index is 12.9. The van der Waals surface area contributed by atoms with Crippen LogP contribution in [0.5, 0.6) is 0 Å². The predicted molar refractivity (Wildman–Crippen MR) is 99.2 cm³/mol. The molecule has 28 heavy (non-hydrogen) atoms. The van der Waals surface area contributed by atoms with E-state index >= 15 is 0 Å². The summed E-state index contributed by atoms with van der Waals surface area (Å²) in [6.07, 6.45) is -4.61. The van der Waals surface area contributed by atoms with Gasteiger partial charge in [0.15, 0.2) is 0 Å². The molecule has 1 amide bonds. The topological polar surface area (TPSA) is 58.6 Å². The third-order valence-electron chi connectivity index (χ3n) is 3.80. The Morgan fingerprint density at radius 1 is 1.14 bits per heavy atom. The molecule has 0 saturated heterocycles. The van der Waals surface area contributed by atoms with Crippen LogP contribution in [0.15, 0.2) is 42.5 Å². The minimum atomic E-state index is -4.61. The molecule has 5 nitrogen and oxygen atoms in total. The van der Waals surface area contributed by atoms with Crippen molar-refractivity contribution < 1.29 is 27.5 Å². The fourth-order valence-corrected chi connectivity index (χ4v) is 2.72. The van der Waals surface area contributed by atoms with Crippen LogP contribution in [0.2, 0.25) is 5.02 Å². The van der Waals surface area contributed by atoms with Crippen molar-refractivity contribution in [2.24, 2.45) is 0 Å². The molecule has 0 radical (unpaired) electrons. The fraction of sp³-hybridized carbons (Fsp3) is 0.263. The van der Waals surface area contributed by atoms with Gasteiger partial charge in [-0.1, -0.05) is 23.7 Å². The van der Waals surface area contributed by atoms with Crippen LogP contribution in [0.25, 0.3) is 0 Å². The van der Waals surface area contributed by atoms with Gasteiger partial charge in [-0.25, -0.2) is 4.79 Å². The first-order valence-electron chi connectivity index (χ1n) is 8.12. The predicted octanol–water partition coefficient (Wildman–Crippen LogP) is 4.22. The third kappa shape index (κ3) is 5.97. The van der Waals surface area contributed by atoms with Crippen molar-refractivity contribution in [3.05, 3.63) is 64.2 Å². The first-order chi connectivity index (χ1) is 13.1. The van der Waals surface area contributed by atoms with Crippen LogP contribution < -0.4 is 5.32 Å². The Bertz CT molecular complexity index is 854. The molecule has 2 aromatic carbocycles. The molecular formula is C19H18ClF3N2O3. The van der Waals surface area contributed by atoms with Gasteiger partial charge in [0, 0.05) is 12.2 Å². The van der Waals surface area contributed by atoms with Crippen molar-refractivity contribution in [1.29, 1.82) is 0 Å². The van der Waals surface area contributed by atoms with Crippen LogP contribution in [-0.2, 0) is 22.3 Å². The molecule has 2 rings (SSSR count). The van der Waals surface area contributed by atoms with Gasteiger partial charge in [0.25, 0.3) is 0 Å². The van der Waals surface area contributed by atoms with Gasteiger partial charge >= 0.3 is 12.1 Å². The number of methoxy groups -OCH3 is 1. The molecule has 0 aromatic heterocycles. The van der Waals surface area contributed by atoms with Gasteiger partial charge in [-0.3, -0.25) is 9.69 Å². The molecule has 0 aliphatic carbocycles. The van der Waals surface area contributed by atoms with Gasteiger partial charge in [-0.2, -0.15) is 13.2 Å². The maximum atomic E-state index is 12.9. The van der Waals surface area contributed by atoms with E-state index in [1.807, 2.05) is 0 Å². The number of rotatable bonds is 6. The quantitative estimate of drug-likeness (QED) is 0.719. The molecule has 0 aliphatic rings. The number of benzene rings is 2. The maximum Gasteiger partial charge on any atom is 0.417 e. The number of carbonyl (C=O) groups excluding carboxylic acids is 2. The van der Waals surface area contributed by atoms with Crippen molar-refractivity contribution in [1.82, 2.24) is 4.90 Å². The number of hydrogen-bond acceptors (Lipinski definition) is 4. The van der Waals surface area contributed by atoms with Crippen LogP contribution in [0, 0.1) is 0 Å². The van der Waals surface area contributed by atoms with E-state index in [9.17, 15) is 22.8 Å². The molecule has 0 atom stereocenters. The summed E-state index contributed by atoms with van der Waals surface area (Å²) in [6, 6.07) is 9.88. The Morgan fingerprint density at radius 3 is 2.36 bits per heavy atom. The second kappa shape index (κ2) is 9.07. The second-order valence-electron chi connectivity index (χ2n) is 6.10. The monoisotopic (exact) mass is 414 g/mol. The zero-order valence-corrected chi connectivity index (χ0v) is 15.9. The van der Waals surface area contributed by atoms with Crippen LogP contribution in [0.3, 0.4) is 0 Å². The van der Waals surface area contributed by atoms with Crippen molar-refractivity contribution in [2.75, 3.05) is 26.0 Å². The van der Waals surface area contributed by atoms with E-state index in [4.69, 9.17) is 11.6 Å². The highest BCUT2D eigenvalue weighted by Gasteiger charge is 2.33. The molecule has 0 fully saturated rings. The molecule has 0 unspecified atom stereocenters. The van der Waals surface area contributed by atoms with Crippen molar-refractivity contribution in [3.63, 3.8) is 0 Å². The van der Waals surface area contributed by atoms with Gasteiger partial charge < -0.3 is 10.1 Å². The van der Waals surface area contributed by atoms with Gasteiger partial charge in [0.2, 0.25) is 5.91 Å². The zero-order chi connectivity index (χ0) is 20.9. The molecular weight excluding hydrogens is 397 g/mol. The van der Waals surface area contributed by atoms with Crippen molar-refractivity contribution in [3.8, 4) is 0 Å². The minimum Gasteiger partial charge on any atom is -0.465 e. The molecule has 0 spiro atoms. The number of anilines is 1. The number of ether oxygens (including phenoxy) is 1. The summed E-state index contributed by atoms with van der Waals surface area (Å²) < 4.78 is 43.3. The Balaban J connectivity index is 1.95. The normalized spacial score (nSPS) is 11.4. The van der Waals surface area contributed by atoms with E-state index in [1.165, 1.54) is 13.2 Å². The lowest BCUT2D eigenvalue weighted by molar-refractivity contribution is -0.137. The summed E-state index contributed by atoms with van der Waals surface area (Å²) in [5.41, 5.74) is 0.271. The van der Waals surface area contributed by atoms with Crippen LogP contribution in [0.4, 0.5) is 18.9 Å². The SMILES string of the molecule is COC(=O)c1ccc(CN(C)CC(=O)Nc2ccc(Cl)c(C(F)(F)F)c2)cc1. The molecule has 0 aliphatic heterocycles. The average molecular weight is 415 g/mol. The standard InChI is InChI=1S/C19H18ClF3N2O3/c1-25(10-12-3-5-13(6-4-12)18(27)28-2)11-17(26)24-14-7-8-16(20)15(9-14)19(21,22)23/h3-9H,10-11H2,1-2H3,(H,24,26). The largest absolute Gasteiger partial charge is 0.465 e. The first-order valence-corrected chi connectivity index (χ1v) is 8.50. The molecule has 0 saturated carbocycles. The number of hydrogen-bond donors (Lipinski definition) is 1. The lowest BCUT2D eigenvalue weighted by Gasteiger charge is -2.17. The van der Waals surface area contributed by atoms with Gasteiger partial charge in [0.05, 0.1) is 29.8 Å². The zero-order valence-electron chi connectivity index (χ0n) is 15.1. The third-order valence-corrected chi connectivity index (χ3v) is 4.13. The number of likely N-dealkylation sites (N-methyl/N-ethyl adjacent to an activating group) is 1. The number of nitrogens with one attached hydrogen (secondary N) is 1. The summed E-state index contributed by atoms with van der Waals surface area (Å²) in [5, 5.41) is 2.00. The highest BCUT2D eigenvalue weighted by atomic mass is 35.5. The highest BCUT2D eigenvalue weighted by molar-refractivity contribution is 6.31. The summed E-state index contributed by atoms with van der Waals surface area (Å²) in [4.78, 5) is 25.2. The Kier molecular flexibility index (Phi) is 7.04. The van der Waals surface area contributed by atoms with Crippen molar-refractivity contribution >= 4 is 29.2 Å². The number of halogens is 4.